The van der Waals surface area contributed by atoms with Gasteiger partial charge in [0.25, 0.3) is 0 Å². The van der Waals surface area contributed by atoms with Gasteiger partial charge in [-0.15, -0.1) is 11.3 Å². The van der Waals surface area contributed by atoms with E-state index >= 15 is 0 Å². The average Bonchev–Trinajstić information content (AvgIpc) is 2.89. The highest BCUT2D eigenvalue weighted by Gasteiger charge is 2.21. The first kappa shape index (κ1) is 15.0. The van der Waals surface area contributed by atoms with Gasteiger partial charge >= 0.3 is 12.0 Å². The number of amides is 2. The van der Waals surface area contributed by atoms with E-state index in [1.165, 1.54) is 11.3 Å². The number of thiazole rings is 1. The quantitative estimate of drug-likeness (QED) is 0.788. The van der Waals surface area contributed by atoms with E-state index in [0.29, 0.717) is 5.56 Å². The molecule has 0 radical (unpaired) electrons. The normalized spacial score (nSPS) is 11.7. The topological polar surface area (TPSA) is 91.3 Å². The molecular weight excluding hydrogens is 290 g/mol. The molecule has 1 atom stereocenters. The molecule has 0 unspecified atom stereocenters. The number of carboxylic acids is 1. The van der Waals surface area contributed by atoms with Crippen molar-refractivity contribution in [1.82, 2.24) is 15.6 Å². The number of aromatic nitrogens is 1. The van der Waals surface area contributed by atoms with E-state index in [2.05, 4.69) is 15.6 Å². The number of carbonyl (C=O) groups is 2. The number of urea groups is 1. The molecule has 21 heavy (non-hydrogen) atoms. The van der Waals surface area contributed by atoms with Gasteiger partial charge in [-0.1, -0.05) is 30.3 Å². The van der Waals surface area contributed by atoms with Crippen molar-refractivity contribution in [2.24, 2.45) is 0 Å². The molecule has 7 heteroatoms. The van der Waals surface area contributed by atoms with Crippen molar-refractivity contribution in [3.8, 4) is 0 Å². The maximum absolute atomic E-state index is 11.8. The Labute approximate surface area is 125 Å². The predicted octanol–water partition coefficient (Wildman–Crippen LogP) is 2.08. The summed E-state index contributed by atoms with van der Waals surface area (Å²) < 4.78 is 0. The van der Waals surface area contributed by atoms with Crippen LogP contribution < -0.4 is 10.6 Å². The fourth-order valence-corrected chi connectivity index (χ4v) is 2.47. The monoisotopic (exact) mass is 305 g/mol. The van der Waals surface area contributed by atoms with Crippen LogP contribution in [0.4, 0.5) is 4.79 Å². The lowest BCUT2D eigenvalue weighted by molar-refractivity contribution is -0.139. The molecule has 0 bridgehead atoms. The molecule has 110 valence electrons. The molecule has 6 nitrogen and oxygen atoms in total. The highest BCUT2D eigenvalue weighted by atomic mass is 32.1. The summed E-state index contributed by atoms with van der Waals surface area (Å²) >= 11 is 1.44. The van der Waals surface area contributed by atoms with Crippen LogP contribution in [0, 0.1) is 6.92 Å². The Morgan fingerprint density at radius 3 is 2.62 bits per heavy atom. The van der Waals surface area contributed by atoms with Crippen molar-refractivity contribution in [2.45, 2.75) is 19.5 Å². The van der Waals surface area contributed by atoms with Gasteiger partial charge in [-0.25, -0.2) is 14.6 Å². The molecule has 3 N–H and O–H groups in total. The molecule has 0 aliphatic carbocycles. The minimum atomic E-state index is -1.11. The maximum Gasteiger partial charge on any atom is 0.330 e. The molecule has 1 aromatic heterocycles. The van der Waals surface area contributed by atoms with Crippen LogP contribution in [0.1, 0.15) is 22.3 Å². The molecule has 2 rings (SSSR count). The second kappa shape index (κ2) is 6.85. The Morgan fingerprint density at radius 2 is 2.05 bits per heavy atom. The fourth-order valence-electron chi connectivity index (χ4n) is 1.76. The molecule has 2 amide bonds. The van der Waals surface area contributed by atoms with Gasteiger partial charge in [-0.2, -0.15) is 0 Å². The number of aryl methyl sites for hydroxylation is 1. The summed E-state index contributed by atoms with van der Waals surface area (Å²) in [4.78, 5) is 27.3. The predicted molar refractivity (Wildman–Crippen MR) is 79.0 cm³/mol. The average molecular weight is 305 g/mol. The number of nitrogens with one attached hydrogen (secondary N) is 2. The second-order valence-electron chi connectivity index (χ2n) is 4.39. The molecule has 0 aliphatic rings. The first-order chi connectivity index (χ1) is 10.1. The molecule has 1 aromatic carbocycles. The largest absolute Gasteiger partial charge is 0.479 e. The van der Waals surface area contributed by atoms with Crippen LogP contribution in [0.5, 0.6) is 0 Å². The minimum Gasteiger partial charge on any atom is -0.479 e. The lowest BCUT2D eigenvalue weighted by Crippen LogP contribution is -2.40. The van der Waals surface area contributed by atoms with Gasteiger partial charge in [0.2, 0.25) is 0 Å². The Balaban J connectivity index is 1.94. The maximum atomic E-state index is 11.8. The number of hydrogen-bond acceptors (Lipinski definition) is 4. The lowest BCUT2D eigenvalue weighted by atomic mass is 10.1. The van der Waals surface area contributed by atoms with E-state index < -0.39 is 18.0 Å². The Morgan fingerprint density at radius 1 is 1.33 bits per heavy atom. The zero-order chi connectivity index (χ0) is 15.2. The number of benzene rings is 1. The standard InChI is InChI=1S/C14H15N3O3S/c1-9-8-21-11(16-9)7-15-14(20)17-12(13(18)19)10-5-3-2-4-6-10/h2-6,8,12H,7H2,1H3,(H,18,19)(H2,15,17,20)/t12-/m1/s1. The summed E-state index contributed by atoms with van der Waals surface area (Å²) in [5.74, 6) is -1.11. The van der Waals surface area contributed by atoms with Crippen LogP contribution in [-0.2, 0) is 11.3 Å². The third-order valence-corrected chi connectivity index (χ3v) is 3.69. The fraction of sp³-hybridized carbons (Fsp3) is 0.214. The van der Waals surface area contributed by atoms with E-state index in [0.717, 1.165) is 10.7 Å². The van der Waals surface area contributed by atoms with Gasteiger partial charge in [0.15, 0.2) is 6.04 Å². The smallest absolute Gasteiger partial charge is 0.330 e. The van der Waals surface area contributed by atoms with Crippen LogP contribution in [0.3, 0.4) is 0 Å². The summed E-state index contributed by atoms with van der Waals surface area (Å²) in [5, 5.41) is 16.9. The zero-order valence-electron chi connectivity index (χ0n) is 11.4. The molecular formula is C14H15N3O3S. The molecule has 0 aliphatic heterocycles. The van der Waals surface area contributed by atoms with E-state index in [1.54, 1.807) is 30.3 Å². The van der Waals surface area contributed by atoms with Gasteiger partial charge in [0, 0.05) is 11.1 Å². The highest BCUT2D eigenvalue weighted by molar-refractivity contribution is 7.09. The summed E-state index contributed by atoms with van der Waals surface area (Å²) in [7, 11) is 0. The van der Waals surface area contributed by atoms with Crippen LogP contribution in [-0.4, -0.2) is 22.1 Å². The van der Waals surface area contributed by atoms with E-state index in [4.69, 9.17) is 0 Å². The second-order valence-corrected chi connectivity index (χ2v) is 5.33. The Bertz CT molecular complexity index is 627. The SMILES string of the molecule is Cc1csc(CNC(=O)N[C@@H](C(=O)O)c2ccccc2)n1. The lowest BCUT2D eigenvalue weighted by Gasteiger charge is -2.15. The van der Waals surface area contributed by atoms with Gasteiger partial charge in [-0.3, -0.25) is 0 Å². The van der Waals surface area contributed by atoms with Crippen LogP contribution >= 0.6 is 11.3 Å². The number of carboxylic acid groups (broad SMARTS) is 1. The number of nitrogens with zero attached hydrogens (tertiary/aromatic N) is 1. The Kier molecular flexibility index (Phi) is 4.89. The number of rotatable bonds is 5. The molecule has 0 saturated heterocycles. The van der Waals surface area contributed by atoms with Gasteiger partial charge < -0.3 is 15.7 Å². The van der Waals surface area contributed by atoms with Crippen LogP contribution in [0.25, 0.3) is 0 Å². The molecule has 0 saturated carbocycles. The third kappa shape index (κ3) is 4.28. The van der Waals surface area contributed by atoms with E-state index in [-0.39, 0.29) is 6.54 Å². The van der Waals surface area contributed by atoms with Crippen LogP contribution in [0.2, 0.25) is 0 Å². The summed E-state index contributed by atoms with van der Waals surface area (Å²) in [6, 6.07) is 6.93. The summed E-state index contributed by atoms with van der Waals surface area (Å²) in [5.41, 5.74) is 1.41. The minimum absolute atomic E-state index is 0.269. The van der Waals surface area contributed by atoms with Gasteiger partial charge in [0.1, 0.15) is 5.01 Å². The van der Waals surface area contributed by atoms with Crippen molar-refractivity contribution in [1.29, 1.82) is 0 Å². The number of hydrogen-bond donors (Lipinski definition) is 3. The van der Waals surface area contributed by atoms with Crippen LogP contribution in [0.15, 0.2) is 35.7 Å². The third-order valence-electron chi connectivity index (χ3n) is 2.72. The van der Waals surface area contributed by atoms with Crippen molar-refractivity contribution >= 4 is 23.3 Å². The molecule has 1 heterocycles. The molecule has 0 fully saturated rings. The summed E-state index contributed by atoms with van der Waals surface area (Å²) in [6.07, 6.45) is 0. The number of carbonyl (C=O) groups excluding carboxylic acids is 1. The van der Waals surface area contributed by atoms with Crippen molar-refractivity contribution < 1.29 is 14.7 Å². The van der Waals surface area contributed by atoms with E-state index in [9.17, 15) is 14.7 Å². The number of aliphatic carboxylic acids is 1. The van der Waals surface area contributed by atoms with Crippen molar-refractivity contribution in [3.05, 3.63) is 52.0 Å². The zero-order valence-corrected chi connectivity index (χ0v) is 12.2. The first-order valence-corrected chi connectivity index (χ1v) is 7.17. The van der Waals surface area contributed by atoms with E-state index in [1.807, 2.05) is 12.3 Å². The summed E-state index contributed by atoms with van der Waals surface area (Å²) in [6.45, 7) is 2.14. The van der Waals surface area contributed by atoms with Gasteiger partial charge in [0.05, 0.1) is 6.54 Å². The van der Waals surface area contributed by atoms with Crippen molar-refractivity contribution in [2.75, 3.05) is 0 Å². The molecule has 2 aromatic rings. The highest BCUT2D eigenvalue weighted by Crippen LogP contribution is 2.12. The van der Waals surface area contributed by atoms with Crippen molar-refractivity contribution in [3.63, 3.8) is 0 Å². The first-order valence-electron chi connectivity index (χ1n) is 6.29. The van der Waals surface area contributed by atoms with Gasteiger partial charge in [-0.05, 0) is 12.5 Å². The molecule has 0 spiro atoms. The Hall–Kier alpha value is -2.41.